The summed E-state index contributed by atoms with van der Waals surface area (Å²) in [6, 6.07) is 0. The molecule has 130 valence electrons. The van der Waals surface area contributed by atoms with Gasteiger partial charge in [-0.05, 0) is 0 Å². The van der Waals surface area contributed by atoms with Crippen LogP contribution in [-0.4, -0.2) is 59.9 Å². The molecule has 1 unspecified atom stereocenters. The zero-order valence-corrected chi connectivity index (χ0v) is 14.4. The second-order valence-electron chi connectivity index (χ2n) is 6.17. The number of aromatic nitrogens is 5. The third-order valence-corrected chi connectivity index (χ3v) is 5.53. The zero-order valence-electron chi connectivity index (χ0n) is 13.5. The molecule has 3 aromatic rings. The highest BCUT2D eigenvalue weighted by molar-refractivity contribution is 7.99. The van der Waals surface area contributed by atoms with Crippen molar-refractivity contribution in [2.75, 3.05) is 24.6 Å². The number of nitrogens with zero attached hydrogens (tertiary/aromatic N) is 5. The number of thioether (sulfide) groups is 1. The number of fused-ring (bicyclic) bond motifs is 1. The van der Waals surface area contributed by atoms with E-state index in [0.717, 1.165) is 40.5 Å². The molecule has 4 rings (SSSR count). The number of aliphatic hydroxyl groups excluding tert-OH is 1. The Morgan fingerprint density at radius 1 is 1.28 bits per heavy atom. The van der Waals surface area contributed by atoms with Gasteiger partial charge in [0.15, 0.2) is 5.82 Å². The molecule has 4 heterocycles. The van der Waals surface area contributed by atoms with Crippen molar-refractivity contribution in [2.24, 2.45) is 5.92 Å². The molecule has 1 aliphatic rings. The number of nitrogen functional groups attached to an aromatic ring is 1. The number of β-amino-alcohol motifs (C(OH)–C–C–N with tert-alkyl or cyclic N) is 1. The molecule has 1 aliphatic heterocycles. The summed E-state index contributed by atoms with van der Waals surface area (Å²) < 4.78 is 0. The SMILES string of the molecule is Nc1ncnc2c(CN3CC(O)[C@@H](CSc4cnccn4)C3)c[nH]c12. The van der Waals surface area contributed by atoms with Crippen LogP contribution in [0, 0.1) is 5.92 Å². The summed E-state index contributed by atoms with van der Waals surface area (Å²) in [6.07, 6.45) is 8.16. The molecule has 0 spiro atoms. The largest absolute Gasteiger partial charge is 0.391 e. The van der Waals surface area contributed by atoms with Crippen LogP contribution >= 0.6 is 11.8 Å². The lowest BCUT2D eigenvalue weighted by Gasteiger charge is -2.14. The molecule has 3 aromatic heterocycles. The predicted molar refractivity (Wildman–Crippen MR) is 95.8 cm³/mol. The first-order valence-corrected chi connectivity index (χ1v) is 9.05. The van der Waals surface area contributed by atoms with Crippen LogP contribution in [0.4, 0.5) is 5.82 Å². The molecular weight excluding hydrogens is 338 g/mol. The normalized spacial score (nSPS) is 21.2. The van der Waals surface area contributed by atoms with Gasteiger partial charge in [0.1, 0.15) is 16.9 Å². The minimum Gasteiger partial charge on any atom is -0.391 e. The number of hydrogen-bond acceptors (Lipinski definition) is 8. The number of aromatic amines is 1. The van der Waals surface area contributed by atoms with Crippen LogP contribution < -0.4 is 5.73 Å². The Morgan fingerprint density at radius 2 is 2.20 bits per heavy atom. The summed E-state index contributed by atoms with van der Waals surface area (Å²) in [7, 11) is 0. The number of nitrogens with two attached hydrogens (primary N) is 1. The second-order valence-corrected chi connectivity index (χ2v) is 7.21. The summed E-state index contributed by atoms with van der Waals surface area (Å²) in [4.78, 5) is 22.0. The molecule has 4 N–H and O–H groups in total. The maximum atomic E-state index is 10.4. The van der Waals surface area contributed by atoms with E-state index in [-0.39, 0.29) is 12.0 Å². The quantitative estimate of drug-likeness (QED) is 0.577. The summed E-state index contributed by atoms with van der Waals surface area (Å²) >= 11 is 1.63. The van der Waals surface area contributed by atoms with E-state index < -0.39 is 0 Å². The summed E-state index contributed by atoms with van der Waals surface area (Å²) in [6.45, 7) is 2.21. The first-order valence-electron chi connectivity index (χ1n) is 8.06. The maximum absolute atomic E-state index is 10.4. The number of aliphatic hydroxyl groups is 1. The minimum atomic E-state index is -0.339. The van der Waals surface area contributed by atoms with E-state index in [4.69, 9.17) is 5.73 Å². The first kappa shape index (κ1) is 16.2. The van der Waals surface area contributed by atoms with Gasteiger partial charge in [0.05, 0.1) is 17.8 Å². The molecule has 9 heteroatoms. The van der Waals surface area contributed by atoms with Crippen LogP contribution in [0.2, 0.25) is 0 Å². The van der Waals surface area contributed by atoms with E-state index in [1.54, 1.807) is 30.4 Å². The number of hydrogen-bond donors (Lipinski definition) is 3. The summed E-state index contributed by atoms with van der Waals surface area (Å²) in [5, 5.41) is 11.3. The molecule has 8 nitrogen and oxygen atoms in total. The Bertz CT molecular complexity index is 856. The Hall–Kier alpha value is -2.23. The Morgan fingerprint density at radius 3 is 3.04 bits per heavy atom. The number of H-pyrrole nitrogens is 1. The molecule has 0 saturated carbocycles. The number of rotatable bonds is 5. The van der Waals surface area contributed by atoms with Gasteiger partial charge >= 0.3 is 0 Å². The van der Waals surface area contributed by atoms with Gasteiger partial charge < -0.3 is 15.8 Å². The first-order chi connectivity index (χ1) is 12.2. The van der Waals surface area contributed by atoms with Crippen molar-refractivity contribution in [1.82, 2.24) is 29.8 Å². The Balaban J connectivity index is 1.40. The second kappa shape index (κ2) is 6.95. The van der Waals surface area contributed by atoms with Crippen LogP contribution in [0.3, 0.4) is 0 Å². The van der Waals surface area contributed by atoms with E-state index in [1.807, 2.05) is 6.20 Å². The van der Waals surface area contributed by atoms with Gasteiger partial charge in [-0.25, -0.2) is 15.0 Å². The summed E-state index contributed by atoms with van der Waals surface area (Å²) in [5.74, 6) is 1.48. The van der Waals surface area contributed by atoms with Gasteiger partial charge in [0, 0.05) is 55.5 Å². The van der Waals surface area contributed by atoms with E-state index >= 15 is 0 Å². The Labute approximate surface area is 148 Å². The van der Waals surface area contributed by atoms with Gasteiger partial charge in [-0.2, -0.15) is 0 Å². The average Bonchev–Trinajstić information content (AvgIpc) is 3.19. The lowest BCUT2D eigenvalue weighted by atomic mass is 10.1. The van der Waals surface area contributed by atoms with Gasteiger partial charge in [0.25, 0.3) is 0 Å². The van der Waals surface area contributed by atoms with Crippen molar-refractivity contribution in [1.29, 1.82) is 0 Å². The van der Waals surface area contributed by atoms with E-state index in [0.29, 0.717) is 12.4 Å². The van der Waals surface area contributed by atoms with Crippen molar-refractivity contribution in [3.63, 3.8) is 0 Å². The molecule has 1 fully saturated rings. The molecule has 0 amide bonds. The fourth-order valence-electron chi connectivity index (χ4n) is 3.16. The molecule has 0 aliphatic carbocycles. The number of anilines is 1. The van der Waals surface area contributed by atoms with Crippen LogP contribution in [0.1, 0.15) is 5.56 Å². The minimum absolute atomic E-state index is 0.205. The van der Waals surface area contributed by atoms with E-state index in [9.17, 15) is 5.11 Å². The van der Waals surface area contributed by atoms with Gasteiger partial charge in [-0.15, -0.1) is 11.8 Å². The van der Waals surface area contributed by atoms with Gasteiger partial charge in [-0.3, -0.25) is 9.88 Å². The number of nitrogens with one attached hydrogen (secondary N) is 1. The molecule has 0 aromatic carbocycles. The van der Waals surface area contributed by atoms with Crippen molar-refractivity contribution in [3.05, 3.63) is 36.7 Å². The highest BCUT2D eigenvalue weighted by Gasteiger charge is 2.31. The predicted octanol–water partition coefficient (Wildman–Crippen LogP) is 0.915. The van der Waals surface area contributed by atoms with Gasteiger partial charge in [0.2, 0.25) is 0 Å². The standard InChI is InChI=1S/C16H19N7OS/c17-16-15-14(21-9-22-16)10(3-20-15)5-23-6-11(12(24)7-23)8-25-13-4-18-1-2-19-13/h1-4,9,11-12,20,24H,5-8H2,(H2,17,21,22)/t11-,12?/m1/s1. The highest BCUT2D eigenvalue weighted by Crippen LogP contribution is 2.27. The highest BCUT2D eigenvalue weighted by atomic mass is 32.2. The smallest absolute Gasteiger partial charge is 0.151 e. The molecule has 1 saturated heterocycles. The number of likely N-dealkylation sites (tertiary alicyclic amines) is 1. The third-order valence-electron chi connectivity index (χ3n) is 4.43. The van der Waals surface area contributed by atoms with Gasteiger partial charge in [-0.1, -0.05) is 0 Å². The van der Waals surface area contributed by atoms with Crippen LogP contribution in [0.25, 0.3) is 11.0 Å². The lowest BCUT2D eigenvalue weighted by Crippen LogP contribution is -2.21. The van der Waals surface area contributed by atoms with Crippen molar-refractivity contribution >= 4 is 28.6 Å². The van der Waals surface area contributed by atoms with Crippen molar-refractivity contribution in [2.45, 2.75) is 17.7 Å². The van der Waals surface area contributed by atoms with E-state index in [1.165, 1.54) is 6.33 Å². The molecule has 0 radical (unpaired) electrons. The fraction of sp³-hybridized carbons (Fsp3) is 0.375. The monoisotopic (exact) mass is 357 g/mol. The van der Waals surface area contributed by atoms with Crippen LogP contribution in [0.5, 0.6) is 0 Å². The maximum Gasteiger partial charge on any atom is 0.151 e. The average molecular weight is 357 g/mol. The van der Waals surface area contributed by atoms with E-state index in [2.05, 4.69) is 29.8 Å². The zero-order chi connectivity index (χ0) is 17.2. The fourth-order valence-corrected chi connectivity index (χ4v) is 4.14. The molecule has 25 heavy (non-hydrogen) atoms. The Kier molecular flexibility index (Phi) is 4.51. The van der Waals surface area contributed by atoms with Crippen LogP contribution in [0.15, 0.2) is 36.1 Å². The molecule has 0 bridgehead atoms. The molecule has 2 atom stereocenters. The summed E-state index contributed by atoms with van der Waals surface area (Å²) in [5.41, 5.74) is 8.55. The third kappa shape index (κ3) is 3.44. The van der Waals surface area contributed by atoms with Crippen LogP contribution in [-0.2, 0) is 6.54 Å². The van der Waals surface area contributed by atoms with Crippen molar-refractivity contribution in [3.8, 4) is 0 Å². The van der Waals surface area contributed by atoms with Crippen molar-refractivity contribution < 1.29 is 5.11 Å². The topological polar surface area (TPSA) is 117 Å². The lowest BCUT2D eigenvalue weighted by molar-refractivity contribution is 0.149. The molecular formula is C16H19N7OS.